The van der Waals surface area contributed by atoms with Crippen LogP contribution in [0, 0.1) is 0 Å². The summed E-state index contributed by atoms with van der Waals surface area (Å²) in [6.07, 6.45) is 4.85. The van der Waals surface area contributed by atoms with Crippen molar-refractivity contribution in [3.63, 3.8) is 0 Å². The number of nitrogens with zero attached hydrogens (tertiary/aromatic N) is 2. The lowest BCUT2D eigenvalue weighted by atomic mass is 10.3. The number of aromatic nitrogens is 1. The maximum atomic E-state index is 11.5. The van der Waals surface area contributed by atoms with Crippen molar-refractivity contribution in [2.75, 3.05) is 6.61 Å². The van der Waals surface area contributed by atoms with Gasteiger partial charge in [-0.3, -0.25) is 9.78 Å². The Labute approximate surface area is 124 Å². The van der Waals surface area contributed by atoms with Crippen LogP contribution in [0.5, 0.6) is 5.75 Å². The third kappa shape index (κ3) is 4.81. The quantitative estimate of drug-likeness (QED) is 0.674. The Morgan fingerprint density at radius 3 is 2.65 bits per heavy atom. The van der Waals surface area contributed by atoms with Gasteiger partial charge in [0.1, 0.15) is 5.75 Å². The van der Waals surface area contributed by atoms with E-state index in [1.54, 1.807) is 42.9 Å². The zero-order valence-electron chi connectivity index (χ0n) is 10.5. The van der Waals surface area contributed by atoms with Crippen molar-refractivity contribution in [2.45, 2.75) is 0 Å². The molecule has 0 unspecified atom stereocenters. The van der Waals surface area contributed by atoms with E-state index in [9.17, 15) is 4.79 Å². The summed E-state index contributed by atoms with van der Waals surface area (Å²) in [5, 5.41) is 3.83. The van der Waals surface area contributed by atoms with Gasteiger partial charge in [-0.25, -0.2) is 5.43 Å². The highest BCUT2D eigenvalue weighted by atomic mass is 79.9. The Bertz CT molecular complexity index is 585. The van der Waals surface area contributed by atoms with E-state index < -0.39 is 0 Å². The highest BCUT2D eigenvalue weighted by Crippen LogP contribution is 2.15. The number of carbonyl (C=O) groups is 1. The fraction of sp³-hybridized carbons (Fsp3) is 0.0714. The second kappa shape index (κ2) is 7.40. The number of ether oxygens (including phenoxy) is 1. The van der Waals surface area contributed by atoms with Crippen LogP contribution in [0.2, 0.25) is 0 Å². The first-order valence-corrected chi connectivity index (χ1v) is 6.63. The maximum Gasteiger partial charge on any atom is 0.277 e. The van der Waals surface area contributed by atoms with Gasteiger partial charge < -0.3 is 4.74 Å². The summed E-state index contributed by atoms with van der Waals surface area (Å²) in [7, 11) is 0. The second-order valence-electron chi connectivity index (χ2n) is 3.82. The molecule has 1 aromatic heterocycles. The molecule has 1 heterocycles. The Morgan fingerprint density at radius 1 is 1.25 bits per heavy atom. The molecule has 0 aliphatic carbocycles. The van der Waals surface area contributed by atoms with Crippen LogP contribution in [0.4, 0.5) is 0 Å². The predicted molar refractivity (Wildman–Crippen MR) is 79.6 cm³/mol. The topological polar surface area (TPSA) is 63.6 Å². The van der Waals surface area contributed by atoms with Crippen LogP contribution in [0.25, 0.3) is 0 Å². The lowest BCUT2D eigenvalue weighted by Crippen LogP contribution is -2.24. The molecule has 1 amide bonds. The second-order valence-corrected chi connectivity index (χ2v) is 4.73. The molecule has 2 aromatic rings. The summed E-state index contributed by atoms with van der Waals surface area (Å²) < 4.78 is 6.26. The molecule has 5 nitrogen and oxygen atoms in total. The van der Waals surface area contributed by atoms with E-state index in [0.717, 1.165) is 10.0 Å². The Hall–Kier alpha value is -2.21. The van der Waals surface area contributed by atoms with Crippen LogP contribution in [0.15, 0.2) is 58.4 Å². The van der Waals surface area contributed by atoms with Gasteiger partial charge in [-0.05, 0) is 42.0 Å². The highest BCUT2D eigenvalue weighted by molar-refractivity contribution is 9.10. The van der Waals surface area contributed by atoms with E-state index >= 15 is 0 Å². The average molecular weight is 334 g/mol. The maximum absolute atomic E-state index is 11.5. The van der Waals surface area contributed by atoms with Gasteiger partial charge in [0.15, 0.2) is 6.61 Å². The monoisotopic (exact) mass is 333 g/mol. The first-order valence-electron chi connectivity index (χ1n) is 5.84. The molecule has 20 heavy (non-hydrogen) atoms. The van der Waals surface area contributed by atoms with Crippen LogP contribution in [0.1, 0.15) is 5.56 Å². The van der Waals surface area contributed by atoms with Crippen LogP contribution in [0.3, 0.4) is 0 Å². The lowest BCUT2D eigenvalue weighted by molar-refractivity contribution is -0.123. The molecule has 0 saturated carbocycles. The molecular formula is C14H12BrN3O2. The number of carbonyl (C=O) groups excluding carboxylic acids is 1. The molecule has 0 aliphatic heterocycles. The van der Waals surface area contributed by atoms with Gasteiger partial charge in [-0.1, -0.05) is 15.9 Å². The Balaban J connectivity index is 1.76. The molecule has 0 atom stereocenters. The molecule has 0 radical (unpaired) electrons. The first-order chi connectivity index (χ1) is 9.74. The number of amides is 1. The predicted octanol–water partition coefficient (Wildman–Crippen LogP) is 2.37. The minimum atomic E-state index is -0.321. The van der Waals surface area contributed by atoms with Crippen LogP contribution >= 0.6 is 15.9 Å². The molecule has 1 aromatic carbocycles. The molecule has 2 rings (SSSR count). The van der Waals surface area contributed by atoms with E-state index in [1.165, 1.54) is 0 Å². The highest BCUT2D eigenvalue weighted by Gasteiger charge is 2.00. The third-order valence-electron chi connectivity index (χ3n) is 2.29. The van der Waals surface area contributed by atoms with Gasteiger partial charge in [0.05, 0.1) is 6.21 Å². The average Bonchev–Trinajstić information content (AvgIpc) is 2.48. The Kier molecular flexibility index (Phi) is 5.25. The number of benzene rings is 1. The number of halogens is 1. The normalized spacial score (nSPS) is 10.4. The standard InChI is InChI=1S/C14H12BrN3O2/c15-12-1-3-13(4-2-12)20-10-14(19)18-17-9-11-5-7-16-8-6-11/h1-9H,10H2,(H,18,19). The molecule has 0 saturated heterocycles. The first kappa shape index (κ1) is 14.2. The molecule has 0 bridgehead atoms. The summed E-state index contributed by atoms with van der Waals surface area (Å²) in [5.74, 6) is 0.305. The molecule has 0 fully saturated rings. The lowest BCUT2D eigenvalue weighted by Gasteiger charge is -2.04. The summed E-state index contributed by atoms with van der Waals surface area (Å²) in [4.78, 5) is 15.4. The summed E-state index contributed by atoms with van der Waals surface area (Å²) >= 11 is 3.32. The van der Waals surface area contributed by atoms with Crippen molar-refractivity contribution in [2.24, 2.45) is 5.10 Å². The van der Waals surface area contributed by atoms with E-state index in [1.807, 2.05) is 12.1 Å². The number of hydrogen-bond acceptors (Lipinski definition) is 4. The van der Waals surface area contributed by atoms with Gasteiger partial charge in [0.2, 0.25) is 0 Å². The molecule has 1 N–H and O–H groups in total. The Morgan fingerprint density at radius 2 is 1.95 bits per heavy atom. The number of nitrogens with one attached hydrogen (secondary N) is 1. The smallest absolute Gasteiger partial charge is 0.277 e. The third-order valence-corrected chi connectivity index (χ3v) is 2.82. The summed E-state index contributed by atoms with van der Waals surface area (Å²) in [6, 6.07) is 10.8. The number of pyridine rings is 1. The molecule has 0 aliphatic rings. The van der Waals surface area contributed by atoms with Crippen molar-refractivity contribution >= 4 is 28.1 Å². The zero-order chi connectivity index (χ0) is 14.2. The fourth-order valence-electron chi connectivity index (χ4n) is 1.34. The van der Waals surface area contributed by atoms with Crippen LogP contribution < -0.4 is 10.2 Å². The van der Waals surface area contributed by atoms with Crippen molar-refractivity contribution < 1.29 is 9.53 Å². The van der Waals surface area contributed by atoms with Gasteiger partial charge in [-0.2, -0.15) is 5.10 Å². The van der Waals surface area contributed by atoms with E-state index in [-0.39, 0.29) is 12.5 Å². The van der Waals surface area contributed by atoms with Crippen molar-refractivity contribution in [3.8, 4) is 5.75 Å². The van der Waals surface area contributed by atoms with Crippen molar-refractivity contribution in [3.05, 3.63) is 58.8 Å². The van der Waals surface area contributed by atoms with E-state index in [4.69, 9.17) is 4.74 Å². The number of rotatable bonds is 5. The number of hydrogen-bond donors (Lipinski definition) is 1. The summed E-state index contributed by atoms with van der Waals surface area (Å²) in [5.41, 5.74) is 3.24. The molecule has 6 heteroatoms. The van der Waals surface area contributed by atoms with Crippen LogP contribution in [-0.2, 0) is 4.79 Å². The summed E-state index contributed by atoms with van der Waals surface area (Å²) in [6.45, 7) is -0.0880. The molecule has 0 spiro atoms. The minimum absolute atomic E-state index is 0.0880. The van der Waals surface area contributed by atoms with Gasteiger partial charge in [-0.15, -0.1) is 0 Å². The number of hydrazone groups is 1. The van der Waals surface area contributed by atoms with Crippen LogP contribution in [-0.4, -0.2) is 23.7 Å². The van der Waals surface area contributed by atoms with E-state index in [0.29, 0.717) is 5.75 Å². The van der Waals surface area contributed by atoms with Crippen molar-refractivity contribution in [1.82, 2.24) is 10.4 Å². The fourth-order valence-corrected chi connectivity index (χ4v) is 1.60. The largest absolute Gasteiger partial charge is 0.484 e. The molecule has 102 valence electrons. The van der Waals surface area contributed by atoms with Gasteiger partial charge in [0, 0.05) is 16.9 Å². The van der Waals surface area contributed by atoms with Gasteiger partial charge >= 0.3 is 0 Å². The van der Waals surface area contributed by atoms with Gasteiger partial charge in [0.25, 0.3) is 5.91 Å². The SMILES string of the molecule is O=C(COc1ccc(Br)cc1)NN=Cc1ccncc1. The minimum Gasteiger partial charge on any atom is -0.484 e. The zero-order valence-corrected chi connectivity index (χ0v) is 12.1. The van der Waals surface area contributed by atoms with E-state index in [2.05, 4.69) is 31.4 Å². The molecular weight excluding hydrogens is 322 g/mol. The van der Waals surface area contributed by atoms with Crippen molar-refractivity contribution in [1.29, 1.82) is 0 Å².